The van der Waals surface area contributed by atoms with E-state index in [1.54, 1.807) is 7.05 Å². The van der Waals surface area contributed by atoms with Crippen LogP contribution in [0.4, 0.5) is 5.95 Å². The molecular formula is C4H8N4O. The third-order valence-electron chi connectivity index (χ3n) is 0.812. The summed E-state index contributed by atoms with van der Waals surface area (Å²) in [6.07, 6.45) is 0. The van der Waals surface area contributed by atoms with E-state index in [4.69, 9.17) is 5.73 Å². The van der Waals surface area contributed by atoms with Gasteiger partial charge in [0.05, 0.1) is 6.54 Å². The van der Waals surface area contributed by atoms with Crippen LogP contribution in [0.2, 0.25) is 0 Å². The highest BCUT2D eigenvalue weighted by Crippen LogP contribution is 1.95. The Hall–Kier alpha value is -1.10. The Balaban J connectivity index is 2.61. The number of nitrogens with one attached hydrogen (secondary N) is 1. The van der Waals surface area contributed by atoms with Crippen LogP contribution < -0.4 is 11.1 Å². The molecule has 50 valence electrons. The van der Waals surface area contributed by atoms with Crippen molar-refractivity contribution in [2.24, 2.45) is 0 Å². The van der Waals surface area contributed by atoms with Crippen LogP contribution in [-0.4, -0.2) is 17.2 Å². The molecule has 0 bridgehead atoms. The lowest BCUT2D eigenvalue weighted by molar-refractivity contribution is 0.373. The molecule has 0 atom stereocenters. The molecule has 5 nitrogen and oxygen atoms in total. The van der Waals surface area contributed by atoms with Gasteiger partial charge < -0.3 is 15.6 Å². The summed E-state index contributed by atoms with van der Waals surface area (Å²) in [5.41, 5.74) is 5.17. The van der Waals surface area contributed by atoms with Crippen molar-refractivity contribution in [2.45, 2.75) is 6.54 Å². The SMILES string of the molecule is CNCc1nc(N)no1. The fraction of sp³-hybridized carbons (Fsp3) is 0.500. The normalized spacial score (nSPS) is 9.89. The van der Waals surface area contributed by atoms with Crippen LogP contribution in [0.25, 0.3) is 0 Å². The maximum absolute atomic E-state index is 5.17. The quantitative estimate of drug-likeness (QED) is 0.554. The highest BCUT2D eigenvalue weighted by Gasteiger charge is 1.98. The van der Waals surface area contributed by atoms with Crippen LogP contribution in [0.3, 0.4) is 0 Å². The zero-order chi connectivity index (χ0) is 6.69. The van der Waals surface area contributed by atoms with Crippen molar-refractivity contribution in [1.82, 2.24) is 15.5 Å². The predicted molar refractivity (Wildman–Crippen MR) is 31.5 cm³/mol. The number of aromatic nitrogens is 2. The third kappa shape index (κ3) is 1.39. The monoisotopic (exact) mass is 128 g/mol. The van der Waals surface area contributed by atoms with Gasteiger partial charge in [0.2, 0.25) is 5.89 Å². The van der Waals surface area contributed by atoms with Gasteiger partial charge in [-0.1, -0.05) is 0 Å². The summed E-state index contributed by atoms with van der Waals surface area (Å²) in [5.74, 6) is 0.690. The Labute approximate surface area is 52.2 Å². The summed E-state index contributed by atoms with van der Waals surface area (Å²) < 4.78 is 4.66. The van der Waals surface area contributed by atoms with Crippen molar-refractivity contribution < 1.29 is 4.52 Å². The molecule has 0 spiro atoms. The average Bonchev–Trinajstić information content (AvgIpc) is 2.17. The van der Waals surface area contributed by atoms with Gasteiger partial charge >= 0.3 is 0 Å². The Morgan fingerprint density at radius 2 is 2.56 bits per heavy atom. The van der Waals surface area contributed by atoms with Crippen molar-refractivity contribution in [3.63, 3.8) is 0 Å². The van der Waals surface area contributed by atoms with Crippen LogP contribution in [-0.2, 0) is 6.54 Å². The van der Waals surface area contributed by atoms with E-state index >= 15 is 0 Å². The van der Waals surface area contributed by atoms with Crippen LogP contribution >= 0.6 is 0 Å². The first kappa shape index (κ1) is 6.03. The number of nitrogens with zero attached hydrogens (tertiary/aromatic N) is 2. The predicted octanol–water partition coefficient (Wildman–Crippen LogP) is -0.629. The fourth-order valence-electron chi connectivity index (χ4n) is 0.491. The molecule has 0 unspecified atom stereocenters. The molecule has 1 aromatic rings. The zero-order valence-corrected chi connectivity index (χ0v) is 5.09. The summed E-state index contributed by atoms with van der Waals surface area (Å²) in [6.45, 7) is 0.560. The Morgan fingerprint density at radius 3 is 3.00 bits per heavy atom. The van der Waals surface area contributed by atoms with E-state index in [-0.39, 0.29) is 5.95 Å². The van der Waals surface area contributed by atoms with Crippen molar-refractivity contribution in [3.8, 4) is 0 Å². The summed E-state index contributed by atoms with van der Waals surface area (Å²) >= 11 is 0. The van der Waals surface area contributed by atoms with Crippen LogP contribution in [0.1, 0.15) is 5.89 Å². The minimum atomic E-state index is 0.181. The van der Waals surface area contributed by atoms with E-state index < -0.39 is 0 Å². The molecule has 1 aromatic heterocycles. The van der Waals surface area contributed by atoms with Gasteiger partial charge in [-0.2, -0.15) is 4.98 Å². The molecule has 0 amide bonds. The highest BCUT2D eigenvalue weighted by atomic mass is 16.5. The Kier molecular flexibility index (Phi) is 1.64. The second-order valence-corrected chi connectivity index (χ2v) is 1.58. The maximum atomic E-state index is 5.17. The molecule has 0 aromatic carbocycles. The van der Waals surface area contributed by atoms with E-state index in [9.17, 15) is 0 Å². The number of hydrogen-bond acceptors (Lipinski definition) is 5. The standard InChI is InChI=1S/C4H8N4O/c1-6-2-3-7-4(5)8-9-3/h6H,2H2,1H3,(H2,5,8). The molecule has 0 radical (unpaired) electrons. The van der Waals surface area contributed by atoms with E-state index in [2.05, 4.69) is 20.0 Å². The van der Waals surface area contributed by atoms with Gasteiger partial charge in [0, 0.05) is 0 Å². The first-order valence-corrected chi connectivity index (χ1v) is 2.55. The molecule has 0 saturated carbocycles. The van der Waals surface area contributed by atoms with Gasteiger partial charge in [0.25, 0.3) is 5.95 Å². The lowest BCUT2D eigenvalue weighted by atomic mass is 10.6. The van der Waals surface area contributed by atoms with Gasteiger partial charge in [-0.15, -0.1) is 0 Å². The van der Waals surface area contributed by atoms with Crippen LogP contribution in [0.15, 0.2) is 4.52 Å². The molecule has 0 saturated heterocycles. The highest BCUT2D eigenvalue weighted by molar-refractivity contribution is 5.10. The molecule has 0 aliphatic carbocycles. The minimum absolute atomic E-state index is 0.181. The van der Waals surface area contributed by atoms with Gasteiger partial charge in [0.15, 0.2) is 0 Å². The summed E-state index contributed by atoms with van der Waals surface area (Å²) in [7, 11) is 1.79. The largest absolute Gasteiger partial charge is 0.365 e. The molecule has 1 heterocycles. The molecule has 9 heavy (non-hydrogen) atoms. The van der Waals surface area contributed by atoms with E-state index in [1.165, 1.54) is 0 Å². The number of rotatable bonds is 2. The molecule has 0 aliphatic rings. The Morgan fingerprint density at radius 1 is 1.78 bits per heavy atom. The molecule has 0 aliphatic heterocycles. The van der Waals surface area contributed by atoms with Crippen molar-refractivity contribution in [3.05, 3.63) is 5.89 Å². The number of nitrogen functional groups attached to an aromatic ring is 1. The average molecular weight is 128 g/mol. The molecule has 3 N–H and O–H groups in total. The Bertz CT molecular complexity index is 184. The minimum Gasteiger partial charge on any atom is -0.365 e. The smallest absolute Gasteiger partial charge is 0.260 e. The van der Waals surface area contributed by atoms with E-state index in [0.29, 0.717) is 12.4 Å². The van der Waals surface area contributed by atoms with Gasteiger partial charge in [0.1, 0.15) is 0 Å². The fourth-order valence-corrected chi connectivity index (χ4v) is 0.491. The number of nitrogens with two attached hydrogens (primary N) is 1. The molecular weight excluding hydrogens is 120 g/mol. The summed E-state index contributed by atoms with van der Waals surface area (Å²) in [6, 6.07) is 0. The molecule has 0 fully saturated rings. The topological polar surface area (TPSA) is 77.0 Å². The molecule has 1 rings (SSSR count). The second kappa shape index (κ2) is 2.45. The lowest BCUT2D eigenvalue weighted by Gasteiger charge is -1.85. The van der Waals surface area contributed by atoms with Gasteiger partial charge in [-0.05, 0) is 12.2 Å². The van der Waals surface area contributed by atoms with Crippen LogP contribution in [0, 0.1) is 0 Å². The van der Waals surface area contributed by atoms with Gasteiger partial charge in [-0.25, -0.2) is 0 Å². The third-order valence-corrected chi connectivity index (χ3v) is 0.812. The first-order chi connectivity index (χ1) is 4.33. The zero-order valence-electron chi connectivity index (χ0n) is 5.09. The maximum Gasteiger partial charge on any atom is 0.260 e. The van der Waals surface area contributed by atoms with E-state index in [0.717, 1.165) is 0 Å². The second-order valence-electron chi connectivity index (χ2n) is 1.58. The molecule has 5 heteroatoms. The summed E-state index contributed by atoms with van der Waals surface area (Å²) in [5, 5.41) is 6.23. The van der Waals surface area contributed by atoms with Crippen molar-refractivity contribution in [1.29, 1.82) is 0 Å². The first-order valence-electron chi connectivity index (χ1n) is 2.55. The number of hydrogen-bond donors (Lipinski definition) is 2. The lowest BCUT2D eigenvalue weighted by Crippen LogP contribution is -2.05. The number of anilines is 1. The van der Waals surface area contributed by atoms with Crippen molar-refractivity contribution >= 4 is 5.95 Å². The van der Waals surface area contributed by atoms with Crippen molar-refractivity contribution in [2.75, 3.05) is 12.8 Å². The van der Waals surface area contributed by atoms with E-state index in [1.807, 2.05) is 0 Å². The summed E-state index contributed by atoms with van der Waals surface area (Å²) in [4.78, 5) is 3.74. The van der Waals surface area contributed by atoms with Gasteiger partial charge in [-0.3, -0.25) is 0 Å². The van der Waals surface area contributed by atoms with Crippen LogP contribution in [0.5, 0.6) is 0 Å².